The predicted octanol–water partition coefficient (Wildman–Crippen LogP) is 5.55. The highest BCUT2D eigenvalue weighted by Gasteiger charge is 2.55. The van der Waals surface area contributed by atoms with Gasteiger partial charge in [-0.3, -0.25) is 18.6 Å². The molecule has 0 aromatic rings. The van der Waals surface area contributed by atoms with E-state index in [1.54, 1.807) is 0 Å². The van der Waals surface area contributed by atoms with Gasteiger partial charge in [0.05, 0.1) is 13.2 Å². The lowest BCUT2D eigenvalue weighted by Crippen LogP contribution is -2.67. The van der Waals surface area contributed by atoms with Crippen LogP contribution in [0.1, 0.15) is 194 Å². The van der Waals surface area contributed by atoms with Crippen molar-refractivity contribution in [2.75, 3.05) is 19.8 Å². The summed E-state index contributed by atoms with van der Waals surface area (Å²) in [4.78, 5) is 36.5. The molecule has 9 N–H and O–H groups in total. The molecule has 1 aliphatic heterocycles. The Morgan fingerprint density at radius 2 is 0.909 bits per heavy atom. The summed E-state index contributed by atoms with van der Waals surface area (Å²) >= 11 is 0. The molecule has 1 saturated heterocycles. The maximum atomic E-state index is 13.4. The first kappa shape index (κ1) is 60.8. The van der Waals surface area contributed by atoms with E-state index in [0.717, 1.165) is 51.4 Å². The number of esters is 2. The van der Waals surface area contributed by atoms with E-state index in [9.17, 15) is 59.9 Å². The van der Waals surface area contributed by atoms with Gasteiger partial charge in [-0.15, -0.1) is 0 Å². The van der Waals surface area contributed by atoms with Crippen LogP contribution in [0.25, 0.3) is 0 Å². The van der Waals surface area contributed by atoms with E-state index < -0.39 is 113 Å². The second-order valence-corrected chi connectivity index (χ2v) is 19.8. The number of hydrogen-bond acceptors (Lipinski definition) is 17. The van der Waals surface area contributed by atoms with Crippen LogP contribution in [-0.2, 0) is 42.1 Å². The summed E-state index contributed by atoms with van der Waals surface area (Å²) in [7, 11) is -5.37. The number of aliphatic hydroxyl groups excluding tert-OH is 8. The van der Waals surface area contributed by atoms with Crippen LogP contribution in [0.3, 0.4) is 0 Å². The van der Waals surface area contributed by atoms with Gasteiger partial charge in [0.2, 0.25) is 0 Å². The molecule has 1 unspecified atom stereocenters. The topological polar surface area (TPSA) is 289 Å². The lowest BCUT2D eigenvalue weighted by Gasteiger charge is -2.47. The Hall–Kier alpha value is -1.35. The minimum atomic E-state index is -5.37. The Morgan fingerprint density at radius 1 is 0.515 bits per heavy atom. The molecule has 390 valence electrons. The fourth-order valence-corrected chi connectivity index (χ4v) is 9.32. The summed E-state index contributed by atoms with van der Waals surface area (Å²) in [6.45, 7) is 2.23. The first-order valence-electron chi connectivity index (χ1n) is 25.4. The zero-order valence-corrected chi connectivity index (χ0v) is 40.9. The second-order valence-electron chi connectivity index (χ2n) is 18.4. The van der Waals surface area contributed by atoms with Crippen molar-refractivity contribution in [3.05, 3.63) is 0 Å². The summed E-state index contributed by atoms with van der Waals surface area (Å²) in [5.74, 6) is -1.21. The van der Waals surface area contributed by atoms with Crippen molar-refractivity contribution < 1.29 is 87.9 Å². The van der Waals surface area contributed by atoms with Crippen LogP contribution in [0.2, 0.25) is 0 Å². The highest BCUT2D eigenvalue weighted by Crippen LogP contribution is 2.48. The molecule has 66 heavy (non-hydrogen) atoms. The van der Waals surface area contributed by atoms with Crippen molar-refractivity contribution in [3.63, 3.8) is 0 Å². The highest BCUT2D eigenvalue weighted by atomic mass is 31.2. The smallest absolute Gasteiger partial charge is 0.462 e. The van der Waals surface area contributed by atoms with Crippen LogP contribution >= 0.6 is 7.82 Å². The third-order valence-electron chi connectivity index (χ3n) is 12.6. The van der Waals surface area contributed by atoms with Crippen molar-refractivity contribution in [1.82, 2.24) is 0 Å². The third-order valence-corrected chi connectivity index (χ3v) is 13.5. The van der Waals surface area contributed by atoms with Gasteiger partial charge in [-0.2, -0.15) is 0 Å². The van der Waals surface area contributed by atoms with Crippen LogP contribution < -0.4 is 0 Å². The summed E-state index contributed by atoms with van der Waals surface area (Å²) < 4.78 is 45.4. The van der Waals surface area contributed by atoms with Gasteiger partial charge in [-0.05, 0) is 12.8 Å². The van der Waals surface area contributed by atoms with E-state index in [4.69, 9.17) is 28.0 Å². The Kier molecular flexibility index (Phi) is 32.9. The van der Waals surface area contributed by atoms with Crippen LogP contribution in [0.4, 0.5) is 0 Å². The second kappa shape index (κ2) is 35.7. The Labute approximate surface area is 393 Å². The summed E-state index contributed by atoms with van der Waals surface area (Å²) in [5.41, 5.74) is 0. The minimum Gasteiger partial charge on any atom is -0.462 e. The van der Waals surface area contributed by atoms with Gasteiger partial charge in [-0.1, -0.05) is 168 Å². The molecule has 1 saturated carbocycles. The molecule has 1 heterocycles. The predicted molar refractivity (Wildman–Crippen MR) is 245 cm³/mol. The van der Waals surface area contributed by atoms with Crippen molar-refractivity contribution in [2.45, 2.75) is 267 Å². The van der Waals surface area contributed by atoms with E-state index in [1.807, 2.05) is 0 Å². The van der Waals surface area contributed by atoms with E-state index in [1.165, 1.54) is 103 Å². The molecule has 0 aromatic heterocycles. The number of phosphoric acid groups is 1. The number of carbonyl (C=O) groups excluding carboxylic acids is 2. The Morgan fingerprint density at radius 3 is 1.35 bits per heavy atom. The summed E-state index contributed by atoms with van der Waals surface area (Å²) in [6.07, 6.45) is 6.17. The van der Waals surface area contributed by atoms with Crippen LogP contribution in [-0.4, -0.2) is 151 Å². The maximum Gasteiger partial charge on any atom is 0.472 e. The number of aliphatic hydroxyl groups is 8. The quantitative estimate of drug-likeness (QED) is 0.0207. The van der Waals surface area contributed by atoms with Crippen molar-refractivity contribution in [1.29, 1.82) is 0 Å². The maximum absolute atomic E-state index is 13.4. The molecule has 0 amide bonds. The minimum absolute atomic E-state index is 0.0395. The van der Waals surface area contributed by atoms with Crippen molar-refractivity contribution >= 4 is 19.8 Å². The van der Waals surface area contributed by atoms with Crippen LogP contribution in [0, 0.1) is 0 Å². The highest BCUT2D eigenvalue weighted by molar-refractivity contribution is 7.47. The third kappa shape index (κ3) is 24.5. The molecule has 18 nitrogen and oxygen atoms in total. The normalized spacial score (nSPS) is 28.2. The number of carbonyl (C=O) groups is 2. The SMILES string of the molecule is CCCCCCCCCCCCCCCC(=O)OC[C@H](COP(=O)(O)O[C@H]1[C@H](O)[C@@H](O)[C@H](O)[C@@H](O)[C@H]1O[C@H]1O[C@H](CO)[C@@H](O)[C@H](O)[C@H]1O)OC(=O)CCCCCCCCCCCCCCC. The molecule has 0 spiro atoms. The summed E-state index contributed by atoms with van der Waals surface area (Å²) in [6, 6.07) is 0. The van der Waals surface area contributed by atoms with Gasteiger partial charge >= 0.3 is 19.8 Å². The number of hydrogen-bond donors (Lipinski definition) is 9. The Bertz CT molecular complexity index is 1300. The lowest BCUT2D eigenvalue weighted by molar-refractivity contribution is -0.338. The van der Waals surface area contributed by atoms with Crippen molar-refractivity contribution in [2.24, 2.45) is 0 Å². The average molecular weight is 973 g/mol. The summed E-state index contributed by atoms with van der Waals surface area (Å²) in [5, 5.41) is 82.9. The van der Waals surface area contributed by atoms with E-state index in [2.05, 4.69) is 13.8 Å². The molecule has 2 aliphatic rings. The zero-order valence-electron chi connectivity index (χ0n) is 40.0. The number of ether oxygens (including phenoxy) is 4. The standard InChI is InChI=1S/C47H89O18P/c1-3-5-7-9-11-13-15-17-19-21-23-25-27-29-36(49)60-32-34(62-37(50)30-28-26-24-22-20-18-16-14-12-10-8-6-4-2)33-61-66(58,59)65-46-43(56)41(54)40(53)42(55)45(46)64-47-44(57)39(52)38(51)35(31-48)63-47/h34-35,38-48,51-57H,3-33H2,1-2H3,(H,58,59)/t34-,35-,38-,39+,40+,41+,42-,43-,44-,45-,46+,47-/m1/s1. The molecule has 1 aliphatic carbocycles. The molecular formula is C47H89O18P. The number of rotatable bonds is 39. The molecule has 0 bridgehead atoms. The molecule has 0 radical (unpaired) electrons. The molecular weight excluding hydrogens is 883 g/mol. The monoisotopic (exact) mass is 973 g/mol. The van der Waals surface area contributed by atoms with Gasteiger partial charge in [-0.25, -0.2) is 4.57 Å². The van der Waals surface area contributed by atoms with E-state index in [0.29, 0.717) is 12.8 Å². The number of phosphoric ester groups is 1. The fraction of sp³-hybridized carbons (Fsp3) is 0.957. The molecule has 19 heteroatoms. The van der Waals surface area contributed by atoms with Crippen LogP contribution in [0.5, 0.6) is 0 Å². The van der Waals surface area contributed by atoms with Crippen LogP contribution in [0.15, 0.2) is 0 Å². The zero-order chi connectivity index (χ0) is 48.7. The Balaban J connectivity index is 1.95. The van der Waals surface area contributed by atoms with Gasteiger partial charge < -0.3 is 64.7 Å². The number of unbranched alkanes of at least 4 members (excludes halogenated alkanes) is 24. The van der Waals surface area contributed by atoms with Gasteiger partial charge in [0.15, 0.2) is 12.4 Å². The fourth-order valence-electron chi connectivity index (χ4n) is 8.35. The molecule has 13 atom stereocenters. The van der Waals surface area contributed by atoms with Gasteiger partial charge in [0.1, 0.15) is 67.6 Å². The molecule has 2 fully saturated rings. The average Bonchev–Trinajstić information content (AvgIpc) is 3.29. The first-order chi connectivity index (χ1) is 31.7. The molecule has 0 aromatic carbocycles. The van der Waals surface area contributed by atoms with Crippen molar-refractivity contribution in [3.8, 4) is 0 Å². The lowest BCUT2D eigenvalue weighted by atomic mass is 9.84. The molecule has 2 rings (SSSR count). The van der Waals surface area contributed by atoms with E-state index >= 15 is 0 Å². The van der Waals surface area contributed by atoms with E-state index in [-0.39, 0.29) is 12.8 Å². The van der Waals surface area contributed by atoms with Gasteiger partial charge in [0, 0.05) is 12.8 Å². The van der Waals surface area contributed by atoms with Gasteiger partial charge in [0.25, 0.3) is 0 Å². The largest absolute Gasteiger partial charge is 0.472 e. The first-order valence-corrected chi connectivity index (χ1v) is 26.9.